The van der Waals surface area contributed by atoms with Gasteiger partial charge in [-0.2, -0.15) is 10.1 Å². The molecule has 3 rings (SSSR count). The minimum absolute atomic E-state index is 0.153. The third kappa shape index (κ3) is 3.32. The number of amides is 1. The summed E-state index contributed by atoms with van der Waals surface area (Å²) in [5.41, 5.74) is -0.247. The second-order valence-electron chi connectivity index (χ2n) is 8.88. The maximum Gasteiger partial charge on any atom is 0.263 e. The molecule has 1 amide bonds. The van der Waals surface area contributed by atoms with Crippen LogP contribution in [0.2, 0.25) is 0 Å². The van der Waals surface area contributed by atoms with E-state index in [4.69, 9.17) is 0 Å². The first-order chi connectivity index (χ1) is 12.0. The van der Waals surface area contributed by atoms with Gasteiger partial charge in [-0.05, 0) is 20.8 Å². The molecule has 1 fully saturated rings. The minimum atomic E-state index is -0.382. The van der Waals surface area contributed by atoms with Gasteiger partial charge in [0.05, 0.1) is 11.7 Å². The number of piperazine rings is 1. The van der Waals surface area contributed by atoms with E-state index >= 15 is 0 Å². The number of nitrogens with zero attached hydrogens (tertiary/aromatic N) is 5. The topological polar surface area (TPSA) is 87.1 Å². The maximum atomic E-state index is 12.4. The Labute approximate surface area is 153 Å². The summed E-state index contributed by atoms with van der Waals surface area (Å²) in [5, 5.41) is 4.83. The molecule has 2 aromatic heterocycles. The van der Waals surface area contributed by atoms with Crippen molar-refractivity contribution in [1.29, 1.82) is 0 Å². The van der Waals surface area contributed by atoms with E-state index in [9.17, 15) is 9.59 Å². The van der Waals surface area contributed by atoms with Crippen molar-refractivity contribution in [2.45, 2.75) is 47.1 Å². The first kappa shape index (κ1) is 18.4. The molecule has 1 saturated heterocycles. The number of rotatable bonds is 1. The average Bonchev–Trinajstić information content (AvgIpc) is 2.98. The highest BCUT2D eigenvalue weighted by molar-refractivity contribution is 5.81. The summed E-state index contributed by atoms with van der Waals surface area (Å²) in [7, 11) is 0. The highest BCUT2D eigenvalue weighted by Crippen LogP contribution is 2.22. The summed E-state index contributed by atoms with van der Waals surface area (Å²) in [6, 6.07) is 0. The Balaban J connectivity index is 1.86. The molecule has 0 atom stereocenters. The predicted octanol–water partition coefficient (Wildman–Crippen LogP) is 1.57. The van der Waals surface area contributed by atoms with Crippen molar-refractivity contribution in [3.05, 3.63) is 16.6 Å². The van der Waals surface area contributed by atoms with Crippen LogP contribution in [0.25, 0.3) is 11.0 Å². The Kier molecular flexibility index (Phi) is 4.32. The molecule has 0 saturated carbocycles. The number of nitrogens with one attached hydrogen (secondary N) is 1. The second kappa shape index (κ2) is 6.10. The number of aromatic amines is 1. The first-order valence-corrected chi connectivity index (χ1v) is 9.01. The predicted molar refractivity (Wildman–Crippen MR) is 101 cm³/mol. The van der Waals surface area contributed by atoms with Gasteiger partial charge >= 0.3 is 0 Å². The lowest BCUT2D eigenvalue weighted by atomic mass is 9.94. The SMILES string of the molecule is CC(C)(C)C(=O)N1CCN(c2nc3c(cnn3C(C)(C)C)c(=O)[nH]2)CC1. The van der Waals surface area contributed by atoms with E-state index in [0.717, 1.165) is 0 Å². The molecular formula is C18H28N6O2. The van der Waals surface area contributed by atoms with Crippen LogP contribution in [0.1, 0.15) is 41.5 Å². The van der Waals surface area contributed by atoms with Gasteiger partial charge < -0.3 is 9.80 Å². The van der Waals surface area contributed by atoms with Crippen molar-refractivity contribution in [3.8, 4) is 0 Å². The van der Waals surface area contributed by atoms with Gasteiger partial charge in [0.2, 0.25) is 11.9 Å². The van der Waals surface area contributed by atoms with Gasteiger partial charge in [0.1, 0.15) is 5.39 Å². The molecule has 0 bridgehead atoms. The van der Waals surface area contributed by atoms with E-state index in [0.29, 0.717) is 43.2 Å². The maximum absolute atomic E-state index is 12.4. The van der Waals surface area contributed by atoms with Gasteiger partial charge in [-0.15, -0.1) is 0 Å². The van der Waals surface area contributed by atoms with Crippen molar-refractivity contribution in [3.63, 3.8) is 0 Å². The molecule has 3 heterocycles. The molecule has 1 aliphatic rings. The molecule has 0 aliphatic carbocycles. The van der Waals surface area contributed by atoms with E-state index < -0.39 is 0 Å². The molecule has 0 radical (unpaired) electrons. The third-order valence-electron chi connectivity index (χ3n) is 4.57. The average molecular weight is 360 g/mol. The summed E-state index contributed by atoms with van der Waals surface area (Å²) in [4.78, 5) is 36.3. The summed E-state index contributed by atoms with van der Waals surface area (Å²) >= 11 is 0. The van der Waals surface area contributed by atoms with Crippen molar-refractivity contribution in [2.75, 3.05) is 31.1 Å². The fraction of sp³-hybridized carbons (Fsp3) is 0.667. The lowest BCUT2D eigenvalue weighted by Gasteiger charge is -2.37. The molecule has 8 heteroatoms. The smallest absolute Gasteiger partial charge is 0.263 e. The van der Waals surface area contributed by atoms with Gasteiger partial charge in [-0.25, -0.2) is 4.68 Å². The van der Waals surface area contributed by atoms with Crippen LogP contribution in [0.4, 0.5) is 5.95 Å². The van der Waals surface area contributed by atoms with Crippen LogP contribution in [0.15, 0.2) is 11.0 Å². The number of H-pyrrole nitrogens is 1. The van der Waals surface area contributed by atoms with Crippen molar-refractivity contribution >= 4 is 22.9 Å². The Morgan fingerprint density at radius 3 is 2.23 bits per heavy atom. The Bertz CT molecular complexity index is 876. The number of carbonyl (C=O) groups excluding carboxylic acids is 1. The lowest BCUT2D eigenvalue weighted by Crippen LogP contribution is -2.52. The van der Waals surface area contributed by atoms with Crippen LogP contribution in [-0.2, 0) is 10.3 Å². The van der Waals surface area contributed by atoms with Gasteiger partial charge in [0, 0.05) is 31.6 Å². The van der Waals surface area contributed by atoms with Crippen LogP contribution in [0, 0.1) is 5.41 Å². The highest BCUT2D eigenvalue weighted by Gasteiger charge is 2.30. The van der Waals surface area contributed by atoms with Crippen LogP contribution < -0.4 is 10.5 Å². The van der Waals surface area contributed by atoms with Crippen LogP contribution in [0.5, 0.6) is 0 Å². The molecule has 0 spiro atoms. The zero-order valence-corrected chi connectivity index (χ0v) is 16.5. The molecule has 1 N–H and O–H groups in total. The summed E-state index contributed by atoms with van der Waals surface area (Å²) in [6.45, 7) is 14.4. The minimum Gasteiger partial charge on any atom is -0.339 e. The van der Waals surface area contributed by atoms with Gasteiger partial charge in [0.15, 0.2) is 5.65 Å². The first-order valence-electron chi connectivity index (χ1n) is 9.01. The fourth-order valence-electron chi connectivity index (χ4n) is 3.14. The molecule has 26 heavy (non-hydrogen) atoms. The Morgan fingerprint density at radius 1 is 1.08 bits per heavy atom. The van der Waals surface area contributed by atoms with Crippen LogP contribution in [-0.4, -0.2) is 56.7 Å². The Hall–Kier alpha value is -2.38. The van der Waals surface area contributed by atoms with Gasteiger partial charge in [0.25, 0.3) is 5.56 Å². The molecule has 0 aromatic carbocycles. The molecule has 2 aromatic rings. The van der Waals surface area contributed by atoms with Crippen LogP contribution >= 0.6 is 0 Å². The number of fused-ring (bicyclic) bond motifs is 1. The van der Waals surface area contributed by atoms with Gasteiger partial charge in [-0.1, -0.05) is 20.8 Å². The molecule has 8 nitrogen and oxygen atoms in total. The van der Waals surface area contributed by atoms with E-state index in [2.05, 4.69) is 15.1 Å². The Morgan fingerprint density at radius 2 is 1.69 bits per heavy atom. The monoisotopic (exact) mass is 360 g/mol. The summed E-state index contributed by atoms with van der Waals surface area (Å²) in [5.74, 6) is 0.691. The standard InChI is InChI=1S/C18H28N6O2/c1-17(2,3)15(26)22-7-9-23(10-8-22)16-20-13-12(14(25)21-16)11-19-24(13)18(4,5)6/h11H,7-10H2,1-6H3,(H,20,21,25). The zero-order valence-electron chi connectivity index (χ0n) is 16.5. The quantitative estimate of drug-likeness (QED) is 0.834. The zero-order chi connectivity index (χ0) is 19.3. The second-order valence-corrected chi connectivity index (χ2v) is 8.88. The van der Waals surface area contributed by atoms with Crippen molar-refractivity contribution in [1.82, 2.24) is 24.6 Å². The fourth-order valence-corrected chi connectivity index (χ4v) is 3.14. The highest BCUT2D eigenvalue weighted by atomic mass is 16.2. The number of anilines is 1. The van der Waals surface area contributed by atoms with E-state index in [1.807, 2.05) is 51.3 Å². The van der Waals surface area contributed by atoms with Gasteiger partial charge in [-0.3, -0.25) is 14.6 Å². The van der Waals surface area contributed by atoms with E-state index in [-0.39, 0.29) is 22.4 Å². The summed E-state index contributed by atoms with van der Waals surface area (Å²) in [6.07, 6.45) is 1.57. The normalized spacial score (nSPS) is 16.4. The number of aromatic nitrogens is 4. The van der Waals surface area contributed by atoms with Crippen LogP contribution in [0.3, 0.4) is 0 Å². The lowest BCUT2D eigenvalue weighted by molar-refractivity contribution is -0.139. The number of hydrogen-bond donors (Lipinski definition) is 1. The third-order valence-corrected chi connectivity index (χ3v) is 4.57. The van der Waals surface area contributed by atoms with Crippen molar-refractivity contribution in [2.24, 2.45) is 5.41 Å². The van der Waals surface area contributed by atoms with E-state index in [1.54, 1.807) is 10.9 Å². The van der Waals surface area contributed by atoms with E-state index in [1.165, 1.54) is 0 Å². The largest absolute Gasteiger partial charge is 0.339 e. The molecule has 0 unspecified atom stereocenters. The molecule has 142 valence electrons. The summed E-state index contributed by atoms with van der Waals surface area (Å²) < 4.78 is 1.78. The van der Waals surface area contributed by atoms with Crippen molar-refractivity contribution < 1.29 is 4.79 Å². The molecule has 1 aliphatic heterocycles. The molecular weight excluding hydrogens is 332 g/mol. The number of carbonyl (C=O) groups is 1. The number of hydrogen-bond acceptors (Lipinski definition) is 5.